The molecule has 6 atom stereocenters. The van der Waals surface area contributed by atoms with Crippen LogP contribution in [0.1, 0.15) is 59.4 Å². The molecular weight excluding hydrogens is 504 g/mol. The van der Waals surface area contributed by atoms with Crippen molar-refractivity contribution in [2.75, 3.05) is 20.3 Å². The molecule has 0 unspecified atom stereocenters. The number of aliphatic hydroxyl groups excluding tert-OH is 1. The summed E-state index contributed by atoms with van der Waals surface area (Å²) < 4.78 is 23.6. The zero-order valence-electron chi connectivity index (χ0n) is 24.2. The van der Waals surface area contributed by atoms with Crippen molar-refractivity contribution in [2.45, 2.75) is 102 Å². The highest BCUT2D eigenvalue weighted by atomic mass is 28.4. The molecule has 3 aliphatic rings. The van der Waals surface area contributed by atoms with Crippen LogP contribution in [0.25, 0.3) is 0 Å². The third-order valence-corrected chi connectivity index (χ3v) is 14.5. The molecule has 0 amide bonds. The van der Waals surface area contributed by atoms with Gasteiger partial charge in [0.25, 0.3) is 0 Å². The number of aliphatic hydroxyl groups is 3. The summed E-state index contributed by atoms with van der Waals surface area (Å²) in [4.78, 5) is 13.3. The molecule has 1 saturated heterocycles. The van der Waals surface area contributed by atoms with Crippen molar-refractivity contribution in [3.8, 4) is 5.75 Å². The Bertz CT molecular complexity index is 1030. The Morgan fingerprint density at radius 1 is 1.11 bits per heavy atom. The number of methoxy groups -OCH3 is 1. The van der Waals surface area contributed by atoms with Crippen LogP contribution >= 0.6 is 0 Å². The van der Waals surface area contributed by atoms with Crippen LogP contribution in [0, 0.1) is 16.7 Å². The average molecular weight is 551 g/mol. The lowest BCUT2D eigenvalue weighted by atomic mass is 9.43. The molecule has 214 valence electrons. The molecule has 38 heavy (non-hydrogen) atoms. The van der Waals surface area contributed by atoms with Gasteiger partial charge < -0.3 is 34.0 Å². The van der Waals surface area contributed by atoms with Crippen molar-refractivity contribution in [1.29, 1.82) is 0 Å². The molecule has 0 spiro atoms. The molecule has 2 saturated carbocycles. The zero-order valence-corrected chi connectivity index (χ0v) is 25.2. The first kappa shape index (κ1) is 29.5. The Hall–Kier alpha value is -1.49. The highest BCUT2D eigenvalue weighted by molar-refractivity contribution is 6.74. The summed E-state index contributed by atoms with van der Waals surface area (Å²) in [7, 11) is -0.672. The van der Waals surface area contributed by atoms with E-state index in [2.05, 4.69) is 33.9 Å². The maximum absolute atomic E-state index is 13.3. The number of esters is 1. The summed E-state index contributed by atoms with van der Waals surface area (Å²) in [6.07, 6.45) is -0.886. The van der Waals surface area contributed by atoms with Gasteiger partial charge in [0.15, 0.2) is 8.32 Å². The van der Waals surface area contributed by atoms with Crippen LogP contribution in [0.2, 0.25) is 18.1 Å². The molecule has 2 aliphatic carbocycles. The number of cyclic esters (lactones) is 1. The van der Waals surface area contributed by atoms with Gasteiger partial charge in [-0.1, -0.05) is 46.8 Å². The van der Waals surface area contributed by atoms with Crippen LogP contribution in [-0.4, -0.2) is 73.3 Å². The smallest absolute Gasteiger partial charge is 0.314 e. The van der Waals surface area contributed by atoms with Crippen LogP contribution in [-0.2, 0) is 25.3 Å². The van der Waals surface area contributed by atoms with Crippen LogP contribution in [0.5, 0.6) is 5.75 Å². The second kappa shape index (κ2) is 9.56. The summed E-state index contributed by atoms with van der Waals surface area (Å²) in [6, 6.07) is 7.45. The predicted octanol–water partition coefficient (Wildman–Crippen LogP) is 3.81. The molecule has 4 rings (SSSR count). The number of carbonyl (C=O) groups is 1. The maximum Gasteiger partial charge on any atom is 0.314 e. The first-order valence-corrected chi connectivity index (χ1v) is 16.5. The number of fused-ring (bicyclic) bond motifs is 1. The lowest BCUT2D eigenvalue weighted by Crippen LogP contribution is -2.84. The van der Waals surface area contributed by atoms with E-state index in [1.54, 1.807) is 7.11 Å². The van der Waals surface area contributed by atoms with E-state index in [1.165, 1.54) is 0 Å². The number of benzene rings is 1. The maximum atomic E-state index is 13.3. The Morgan fingerprint density at radius 2 is 1.74 bits per heavy atom. The largest absolute Gasteiger partial charge is 0.497 e. The van der Waals surface area contributed by atoms with E-state index in [-0.39, 0.29) is 43.1 Å². The van der Waals surface area contributed by atoms with E-state index in [4.69, 9.17) is 18.6 Å². The molecule has 0 radical (unpaired) electrons. The van der Waals surface area contributed by atoms with Gasteiger partial charge in [0, 0.05) is 0 Å². The van der Waals surface area contributed by atoms with E-state index in [0.29, 0.717) is 6.42 Å². The minimum Gasteiger partial charge on any atom is -0.497 e. The van der Waals surface area contributed by atoms with Crippen molar-refractivity contribution >= 4 is 14.3 Å². The topological polar surface area (TPSA) is 115 Å². The fourth-order valence-corrected chi connectivity index (χ4v) is 7.59. The first-order chi connectivity index (χ1) is 17.4. The minimum atomic E-state index is -2.28. The standard InChI is InChI=1S/C29H46O8Si/c1-25(2,3)38(7,8)37-16-21-24(31)36-18-27(28(32)17-26(4,5)13-22(28)30)14-23(29(21,27)33)35-15-19-9-11-20(34-6)12-10-19/h9-12,21-23,30,32-33H,13-18H2,1-8H3/t21-,22-,23-,27+,28+,29-/m1/s1. The number of hydrogen-bond acceptors (Lipinski definition) is 8. The van der Waals surface area contributed by atoms with E-state index < -0.39 is 49.0 Å². The second-order valence-electron chi connectivity index (χ2n) is 14.0. The summed E-state index contributed by atoms with van der Waals surface area (Å²) in [5, 5.41) is 35.7. The summed E-state index contributed by atoms with van der Waals surface area (Å²) >= 11 is 0. The summed E-state index contributed by atoms with van der Waals surface area (Å²) in [6.45, 7) is 14.5. The molecule has 0 bridgehead atoms. The van der Waals surface area contributed by atoms with Gasteiger partial charge in [0.1, 0.15) is 29.5 Å². The number of ether oxygens (including phenoxy) is 3. The molecular formula is C29H46O8Si. The summed E-state index contributed by atoms with van der Waals surface area (Å²) in [5.41, 5.74) is -4.13. The molecule has 3 N–H and O–H groups in total. The highest BCUT2D eigenvalue weighted by Crippen LogP contribution is 2.68. The lowest BCUT2D eigenvalue weighted by molar-refractivity contribution is -0.372. The first-order valence-electron chi connectivity index (χ1n) is 13.6. The fraction of sp³-hybridized carbons (Fsp3) is 0.759. The molecule has 1 aromatic carbocycles. The lowest BCUT2D eigenvalue weighted by Gasteiger charge is -2.69. The fourth-order valence-electron chi connectivity index (χ4n) is 6.58. The van der Waals surface area contributed by atoms with Crippen molar-refractivity contribution in [3.05, 3.63) is 29.8 Å². The highest BCUT2D eigenvalue weighted by Gasteiger charge is 2.82. The van der Waals surface area contributed by atoms with Gasteiger partial charge in [0.2, 0.25) is 0 Å². The van der Waals surface area contributed by atoms with Crippen LogP contribution in [0.3, 0.4) is 0 Å². The number of rotatable bonds is 8. The molecule has 1 aromatic rings. The Kier molecular flexibility index (Phi) is 7.42. The van der Waals surface area contributed by atoms with Gasteiger partial charge in [0.05, 0.1) is 37.9 Å². The molecule has 3 fully saturated rings. The SMILES string of the molecule is COc1ccc(CO[C@@H]2C[C@@]3([C@]4(O)CC(C)(C)C[C@H]4O)COC(=O)[C@@H](CO[Si](C)(C)C(C)(C)C)[C@@]23O)cc1. The second-order valence-corrected chi connectivity index (χ2v) is 18.8. The van der Waals surface area contributed by atoms with Crippen molar-refractivity contribution in [3.63, 3.8) is 0 Å². The van der Waals surface area contributed by atoms with Gasteiger partial charge >= 0.3 is 5.97 Å². The van der Waals surface area contributed by atoms with E-state index >= 15 is 0 Å². The van der Waals surface area contributed by atoms with E-state index in [0.717, 1.165) is 11.3 Å². The quantitative estimate of drug-likeness (QED) is 0.331. The van der Waals surface area contributed by atoms with E-state index in [9.17, 15) is 20.1 Å². The third kappa shape index (κ3) is 4.53. The van der Waals surface area contributed by atoms with Crippen LogP contribution in [0.4, 0.5) is 0 Å². The molecule has 1 aliphatic heterocycles. The minimum absolute atomic E-state index is 0.0362. The van der Waals surface area contributed by atoms with Gasteiger partial charge in [-0.2, -0.15) is 0 Å². The van der Waals surface area contributed by atoms with E-state index in [1.807, 2.05) is 38.1 Å². The Balaban J connectivity index is 1.67. The summed E-state index contributed by atoms with van der Waals surface area (Å²) in [5.74, 6) is -0.886. The molecule has 9 heteroatoms. The Labute approximate surface area is 227 Å². The molecule has 0 aromatic heterocycles. The Morgan fingerprint density at radius 3 is 2.26 bits per heavy atom. The van der Waals surface area contributed by atoms with Gasteiger partial charge in [-0.3, -0.25) is 4.79 Å². The number of hydrogen-bond donors (Lipinski definition) is 3. The van der Waals surface area contributed by atoms with Gasteiger partial charge in [-0.15, -0.1) is 0 Å². The average Bonchev–Trinajstić information content (AvgIpc) is 3.03. The van der Waals surface area contributed by atoms with Crippen LogP contribution < -0.4 is 4.74 Å². The van der Waals surface area contributed by atoms with Gasteiger partial charge in [-0.05, 0) is 60.5 Å². The van der Waals surface area contributed by atoms with Crippen LogP contribution in [0.15, 0.2) is 24.3 Å². The molecule has 8 nitrogen and oxygen atoms in total. The number of carbonyl (C=O) groups excluding carboxylic acids is 1. The monoisotopic (exact) mass is 550 g/mol. The third-order valence-electron chi connectivity index (χ3n) is 9.97. The predicted molar refractivity (Wildman–Crippen MR) is 145 cm³/mol. The van der Waals surface area contributed by atoms with Gasteiger partial charge in [-0.25, -0.2) is 0 Å². The van der Waals surface area contributed by atoms with Crippen molar-refractivity contribution in [1.82, 2.24) is 0 Å². The normalized spacial score (nSPS) is 36.8. The van der Waals surface area contributed by atoms with Crippen molar-refractivity contribution < 1.29 is 38.8 Å². The van der Waals surface area contributed by atoms with Crippen molar-refractivity contribution in [2.24, 2.45) is 16.7 Å². The zero-order chi connectivity index (χ0) is 28.4. The molecule has 1 heterocycles.